The fraction of sp³-hybridized carbons (Fsp3) is 0.364. The van der Waals surface area contributed by atoms with Crippen molar-refractivity contribution >= 4 is 37.3 Å². The second-order valence-electron chi connectivity index (χ2n) is 4.38. The minimum absolute atomic E-state index is 0.163. The van der Waals surface area contributed by atoms with E-state index < -0.39 is 10.0 Å². The van der Waals surface area contributed by atoms with Crippen LogP contribution in [0.2, 0.25) is 0 Å². The van der Waals surface area contributed by atoms with Gasteiger partial charge in [0.25, 0.3) is 0 Å². The lowest BCUT2D eigenvalue weighted by Gasteiger charge is -2.26. The first-order valence-corrected chi connectivity index (χ1v) is 8.96. The highest BCUT2D eigenvalue weighted by molar-refractivity contribution is 9.11. The first kappa shape index (κ1) is 14.2. The Labute approximate surface area is 128 Å². The van der Waals surface area contributed by atoms with E-state index in [9.17, 15) is 8.42 Å². The summed E-state index contributed by atoms with van der Waals surface area (Å²) in [4.78, 5) is 5.00. The summed E-state index contributed by atoms with van der Waals surface area (Å²) in [5.41, 5.74) is 0. The maximum Gasteiger partial charge on any atom is 0.245 e. The summed E-state index contributed by atoms with van der Waals surface area (Å²) in [6.07, 6.45) is 3.53. The molecule has 0 unspecified atom stereocenters. The van der Waals surface area contributed by atoms with Crippen molar-refractivity contribution in [2.24, 2.45) is 0 Å². The number of sulfonamides is 1. The molecular weight excluding hydrogens is 366 g/mol. The standard InChI is InChI=1S/C11H12BrN3O3S2/c12-11-9(5-8(7-16)19-11)20(17,18)15-4-3-14-2-1-13-10(14)6-15/h1-2,5,16H,3-4,6-7H2. The molecule has 1 aliphatic rings. The number of aliphatic hydroxyl groups excluding tert-OH is 1. The topological polar surface area (TPSA) is 75.4 Å². The Morgan fingerprint density at radius 2 is 2.25 bits per heavy atom. The van der Waals surface area contributed by atoms with E-state index in [2.05, 4.69) is 20.9 Å². The van der Waals surface area contributed by atoms with E-state index in [1.165, 1.54) is 21.7 Å². The van der Waals surface area contributed by atoms with Crippen molar-refractivity contribution in [2.75, 3.05) is 6.54 Å². The number of nitrogens with zero attached hydrogens (tertiary/aromatic N) is 3. The number of hydrogen-bond acceptors (Lipinski definition) is 5. The summed E-state index contributed by atoms with van der Waals surface area (Å²) in [6.45, 7) is 1.13. The van der Waals surface area contributed by atoms with Crippen LogP contribution in [0.4, 0.5) is 0 Å². The minimum Gasteiger partial charge on any atom is -0.391 e. The van der Waals surface area contributed by atoms with E-state index >= 15 is 0 Å². The number of thiophene rings is 1. The molecule has 0 fully saturated rings. The van der Waals surface area contributed by atoms with Crippen LogP contribution in [0, 0.1) is 0 Å². The third-order valence-electron chi connectivity index (χ3n) is 3.19. The molecule has 6 nitrogen and oxygen atoms in total. The second-order valence-corrected chi connectivity index (χ2v) is 8.75. The van der Waals surface area contributed by atoms with Crippen molar-refractivity contribution in [1.29, 1.82) is 0 Å². The quantitative estimate of drug-likeness (QED) is 0.876. The summed E-state index contributed by atoms with van der Waals surface area (Å²) < 4.78 is 29.2. The molecule has 0 saturated carbocycles. The Bertz CT molecular complexity index is 738. The van der Waals surface area contributed by atoms with E-state index in [1.54, 1.807) is 6.20 Å². The number of hydrogen-bond donors (Lipinski definition) is 1. The highest BCUT2D eigenvalue weighted by Gasteiger charge is 2.31. The fourth-order valence-electron chi connectivity index (χ4n) is 2.15. The van der Waals surface area contributed by atoms with Crippen molar-refractivity contribution in [3.05, 3.63) is 32.9 Å². The lowest BCUT2D eigenvalue weighted by molar-refractivity contribution is 0.285. The molecule has 3 heterocycles. The van der Waals surface area contributed by atoms with E-state index in [0.29, 0.717) is 21.8 Å². The first-order valence-electron chi connectivity index (χ1n) is 5.91. The summed E-state index contributed by atoms with van der Waals surface area (Å²) in [7, 11) is -3.57. The summed E-state index contributed by atoms with van der Waals surface area (Å²) >= 11 is 4.50. The summed E-state index contributed by atoms with van der Waals surface area (Å²) in [5, 5.41) is 9.12. The second kappa shape index (κ2) is 5.23. The average molecular weight is 378 g/mol. The van der Waals surface area contributed by atoms with Crippen molar-refractivity contribution in [2.45, 2.75) is 24.6 Å². The lowest BCUT2D eigenvalue weighted by atomic mass is 10.4. The van der Waals surface area contributed by atoms with Crippen LogP contribution in [0.5, 0.6) is 0 Å². The van der Waals surface area contributed by atoms with Gasteiger partial charge in [-0.05, 0) is 22.0 Å². The minimum atomic E-state index is -3.57. The van der Waals surface area contributed by atoms with E-state index in [4.69, 9.17) is 5.11 Å². The van der Waals surface area contributed by atoms with Crippen LogP contribution >= 0.6 is 27.3 Å². The van der Waals surface area contributed by atoms with Gasteiger partial charge in [0.05, 0.1) is 16.9 Å². The number of rotatable bonds is 3. The molecule has 9 heteroatoms. The molecule has 3 rings (SSSR count). The number of aliphatic hydroxyl groups is 1. The molecule has 2 aromatic heterocycles. The van der Waals surface area contributed by atoms with Gasteiger partial charge in [0.1, 0.15) is 10.7 Å². The third-order valence-corrected chi connectivity index (χ3v) is 7.27. The van der Waals surface area contributed by atoms with Crippen LogP contribution in [0.1, 0.15) is 10.7 Å². The van der Waals surface area contributed by atoms with Crippen LogP contribution in [-0.4, -0.2) is 33.9 Å². The zero-order valence-corrected chi connectivity index (χ0v) is 13.6. The average Bonchev–Trinajstić information content (AvgIpc) is 3.03. The maximum atomic E-state index is 12.7. The molecule has 0 spiro atoms. The van der Waals surface area contributed by atoms with Gasteiger partial charge in [-0.1, -0.05) is 0 Å². The lowest BCUT2D eigenvalue weighted by Crippen LogP contribution is -2.38. The van der Waals surface area contributed by atoms with Crippen LogP contribution in [0.25, 0.3) is 0 Å². The third kappa shape index (κ3) is 2.33. The van der Waals surface area contributed by atoms with Crippen LogP contribution in [0.3, 0.4) is 0 Å². The van der Waals surface area contributed by atoms with Gasteiger partial charge in [-0.15, -0.1) is 11.3 Å². The van der Waals surface area contributed by atoms with Gasteiger partial charge in [-0.25, -0.2) is 13.4 Å². The monoisotopic (exact) mass is 377 g/mol. The normalized spacial score (nSPS) is 16.3. The van der Waals surface area contributed by atoms with Crippen molar-refractivity contribution in [3.63, 3.8) is 0 Å². The molecule has 0 atom stereocenters. The summed E-state index contributed by atoms with van der Waals surface area (Å²) in [6, 6.07) is 1.52. The van der Waals surface area contributed by atoms with Gasteiger partial charge >= 0.3 is 0 Å². The van der Waals surface area contributed by atoms with Gasteiger partial charge < -0.3 is 9.67 Å². The fourth-order valence-corrected chi connectivity index (χ4v) is 6.03. The maximum absolute atomic E-state index is 12.7. The van der Waals surface area contributed by atoms with E-state index in [0.717, 1.165) is 5.82 Å². The molecule has 2 aromatic rings. The predicted molar refractivity (Wildman–Crippen MR) is 77.8 cm³/mol. The molecule has 20 heavy (non-hydrogen) atoms. The Balaban J connectivity index is 1.95. The van der Waals surface area contributed by atoms with Gasteiger partial charge in [-0.3, -0.25) is 0 Å². The SMILES string of the molecule is O=S(=O)(c1cc(CO)sc1Br)N1CCn2ccnc2C1. The van der Waals surface area contributed by atoms with Crippen LogP contribution < -0.4 is 0 Å². The van der Waals surface area contributed by atoms with Crippen LogP contribution in [-0.2, 0) is 29.7 Å². The molecule has 0 bridgehead atoms. The molecule has 0 aliphatic carbocycles. The molecule has 1 N–H and O–H groups in total. The first-order chi connectivity index (χ1) is 9.52. The van der Waals surface area contributed by atoms with Crippen LogP contribution in [0.15, 0.2) is 27.1 Å². The van der Waals surface area contributed by atoms with E-state index in [-0.39, 0.29) is 18.0 Å². The highest BCUT2D eigenvalue weighted by atomic mass is 79.9. The Kier molecular flexibility index (Phi) is 3.71. The summed E-state index contributed by atoms with van der Waals surface area (Å²) in [5.74, 6) is 0.744. The van der Waals surface area contributed by atoms with Gasteiger partial charge in [-0.2, -0.15) is 4.31 Å². The largest absolute Gasteiger partial charge is 0.391 e. The Hall–Kier alpha value is -0.740. The smallest absolute Gasteiger partial charge is 0.245 e. The van der Waals surface area contributed by atoms with Gasteiger partial charge in [0.15, 0.2) is 0 Å². The number of aromatic nitrogens is 2. The number of fused-ring (bicyclic) bond motifs is 1. The Morgan fingerprint density at radius 3 is 2.95 bits per heavy atom. The zero-order chi connectivity index (χ0) is 14.3. The van der Waals surface area contributed by atoms with Crippen molar-refractivity contribution < 1.29 is 13.5 Å². The number of imidazole rings is 1. The van der Waals surface area contributed by atoms with Crippen molar-refractivity contribution in [3.8, 4) is 0 Å². The molecule has 1 aliphatic heterocycles. The Morgan fingerprint density at radius 1 is 1.45 bits per heavy atom. The number of halogens is 1. The predicted octanol–water partition coefficient (Wildman–Crippen LogP) is 1.40. The van der Waals surface area contributed by atoms with Gasteiger partial charge in [0, 0.05) is 30.4 Å². The molecule has 0 saturated heterocycles. The molecule has 0 aromatic carbocycles. The molecule has 0 radical (unpaired) electrons. The zero-order valence-electron chi connectivity index (χ0n) is 10.4. The van der Waals surface area contributed by atoms with Crippen molar-refractivity contribution in [1.82, 2.24) is 13.9 Å². The molecular formula is C11H12BrN3O3S2. The molecule has 0 amide bonds. The molecule has 108 valence electrons. The highest BCUT2D eigenvalue weighted by Crippen LogP contribution is 2.34. The van der Waals surface area contributed by atoms with E-state index in [1.807, 2.05) is 10.8 Å². The van der Waals surface area contributed by atoms with Gasteiger partial charge in [0.2, 0.25) is 10.0 Å².